The monoisotopic (exact) mass is 809 g/mol. The third-order valence-corrected chi connectivity index (χ3v) is 7.30. The number of pyridine rings is 3. The van der Waals surface area contributed by atoms with Gasteiger partial charge in [0.1, 0.15) is 0 Å². The van der Waals surface area contributed by atoms with E-state index in [2.05, 4.69) is 105 Å². The first-order chi connectivity index (χ1) is 14.4. The molecule has 0 fully saturated rings. The molecule has 1 aliphatic carbocycles. The number of aromatic nitrogens is 3. The topological polar surface area (TPSA) is 38.7 Å². The van der Waals surface area contributed by atoms with Gasteiger partial charge < -0.3 is 0 Å². The van der Waals surface area contributed by atoms with Gasteiger partial charge in [0.15, 0.2) is 0 Å². The maximum absolute atomic E-state index is 5.03. The number of halogens is 2. The molecule has 3 heterocycles. The summed E-state index contributed by atoms with van der Waals surface area (Å²) in [6.07, 6.45) is 4.59. The van der Waals surface area contributed by atoms with Crippen LogP contribution < -0.4 is 0 Å². The summed E-state index contributed by atoms with van der Waals surface area (Å²) in [6, 6.07) is 20.4. The van der Waals surface area contributed by atoms with Crippen LogP contribution >= 0.6 is 45.2 Å². The first-order valence-corrected chi connectivity index (χ1v) is 11.9. The van der Waals surface area contributed by atoms with Crippen LogP contribution in [0.25, 0.3) is 22.6 Å². The van der Waals surface area contributed by atoms with E-state index in [0.29, 0.717) is 0 Å². The van der Waals surface area contributed by atoms with Gasteiger partial charge in [-0.2, -0.15) is 0 Å². The van der Waals surface area contributed by atoms with Crippen molar-refractivity contribution in [2.24, 2.45) is 0 Å². The Morgan fingerprint density at radius 1 is 0.935 bits per heavy atom. The minimum atomic E-state index is -0.242. The molecule has 3 nitrogen and oxygen atoms in total. The molecule has 4 aromatic rings. The molecule has 0 saturated carbocycles. The Kier molecular flexibility index (Phi) is 6.66. The standard InChI is InChI=1S/C25H18I2N3.Pt/c1-25(2,23-5-3-4-9-29-23)16-12-19-18(20(27)13-16)11-15-6-7-21(30-24(15)19)22-14-17(26)8-10-28-22;/h3-10,13-14H,11H2,1-2H3;/q-1;. The van der Waals surface area contributed by atoms with Crippen molar-refractivity contribution in [3.05, 3.63) is 96.5 Å². The molecule has 3 aromatic heterocycles. The molecule has 0 bridgehead atoms. The van der Waals surface area contributed by atoms with Crippen LogP contribution in [0.5, 0.6) is 0 Å². The van der Waals surface area contributed by atoms with Crippen molar-refractivity contribution in [1.82, 2.24) is 15.0 Å². The van der Waals surface area contributed by atoms with Gasteiger partial charge >= 0.3 is 0 Å². The molecule has 0 amide bonds. The van der Waals surface area contributed by atoms with Gasteiger partial charge in [-0.15, -0.1) is 28.8 Å². The molecular formula is C25H18I2N3Pt-. The zero-order valence-electron chi connectivity index (χ0n) is 16.9. The summed E-state index contributed by atoms with van der Waals surface area (Å²) in [5.74, 6) is 0. The summed E-state index contributed by atoms with van der Waals surface area (Å²) in [5.41, 5.74) is 8.44. The Hall–Kier alpha value is -1.18. The Bertz CT molecular complexity index is 1270. The van der Waals surface area contributed by atoms with Crippen molar-refractivity contribution in [2.45, 2.75) is 25.7 Å². The molecule has 158 valence electrons. The summed E-state index contributed by atoms with van der Waals surface area (Å²) in [5, 5.41) is 0. The van der Waals surface area contributed by atoms with Crippen LogP contribution in [-0.2, 0) is 32.9 Å². The van der Waals surface area contributed by atoms with Crippen LogP contribution in [0.3, 0.4) is 0 Å². The van der Waals surface area contributed by atoms with Crippen molar-refractivity contribution in [3.63, 3.8) is 0 Å². The van der Waals surface area contributed by atoms with Crippen molar-refractivity contribution in [1.29, 1.82) is 0 Å². The average molecular weight is 809 g/mol. The van der Waals surface area contributed by atoms with Gasteiger partial charge in [-0.05, 0) is 65.0 Å². The van der Waals surface area contributed by atoms with Crippen LogP contribution in [0.2, 0.25) is 0 Å². The summed E-state index contributed by atoms with van der Waals surface area (Å²) >= 11 is 4.76. The number of nitrogens with zero attached hydrogens (tertiary/aromatic N) is 3. The van der Waals surface area contributed by atoms with Gasteiger partial charge in [-0.1, -0.05) is 57.7 Å². The number of rotatable bonds is 3. The van der Waals surface area contributed by atoms with E-state index in [1.54, 1.807) is 0 Å². The van der Waals surface area contributed by atoms with Crippen molar-refractivity contribution in [2.75, 3.05) is 0 Å². The Morgan fingerprint density at radius 2 is 1.77 bits per heavy atom. The third kappa shape index (κ3) is 4.25. The fourth-order valence-electron chi connectivity index (χ4n) is 3.89. The second kappa shape index (κ2) is 8.99. The van der Waals surface area contributed by atoms with E-state index in [1.165, 1.54) is 14.7 Å². The predicted molar refractivity (Wildman–Crippen MR) is 136 cm³/mol. The van der Waals surface area contributed by atoms with Crippen molar-refractivity contribution < 1.29 is 21.1 Å². The molecule has 5 rings (SSSR count). The molecule has 0 atom stereocenters. The minimum absolute atomic E-state index is 0. The third-order valence-electron chi connectivity index (χ3n) is 5.67. The Labute approximate surface area is 224 Å². The second-order valence-corrected chi connectivity index (χ2v) is 10.4. The molecule has 31 heavy (non-hydrogen) atoms. The molecule has 1 aliphatic rings. The van der Waals surface area contributed by atoms with Crippen LogP contribution in [-0.4, -0.2) is 15.0 Å². The van der Waals surface area contributed by atoms with Crippen LogP contribution in [0, 0.1) is 13.2 Å². The molecule has 0 radical (unpaired) electrons. The maximum Gasteiger partial charge on any atom is 0.0886 e. The Balaban J connectivity index is 0.00000231. The van der Waals surface area contributed by atoms with Gasteiger partial charge in [0, 0.05) is 48.1 Å². The van der Waals surface area contributed by atoms with Gasteiger partial charge in [-0.3, -0.25) is 15.0 Å². The minimum Gasteiger partial charge on any atom is -0.294 e. The normalized spacial score (nSPS) is 12.1. The summed E-state index contributed by atoms with van der Waals surface area (Å²) in [4.78, 5) is 14.2. The zero-order valence-corrected chi connectivity index (χ0v) is 23.5. The summed E-state index contributed by atoms with van der Waals surface area (Å²) < 4.78 is 2.41. The summed E-state index contributed by atoms with van der Waals surface area (Å²) in [6.45, 7) is 4.42. The van der Waals surface area contributed by atoms with E-state index >= 15 is 0 Å². The predicted octanol–water partition coefficient (Wildman–Crippen LogP) is 6.44. The fraction of sp³-hybridized carbons (Fsp3) is 0.160. The molecular weight excluding hydrogens is 791 g/mol. The molecule has 0 saturated heterocycles. The average Bonchev–Trinajstić information content (AvgIpc) is 3.13. The molecule has 0 unspecified atom stereocenters. The van der Waals surface area contributed by atoms with Crippen LogP contribution in [0.4, 0.5) is 0 Å². The van der Waals surface area contributed by atoms with Gasteiger partial charge in [0.05, 0.1) is 11.4 Å². The van der Waals surface area contributed by atoms with Crippen LogP contribution in [0.1, 0.15) is 36.2 Å². The molecule has 0 N–H and O–H groups in total. The van der Waals surface area contributed by atoms with Crippen molar-refractivity contribution >= 4 is 45.2 Å². The van der Waals surface area contributed by atoms with E-state index in [9.17, 15) is 0 Å². The molecule has 1 aromatic carbocycles. The number of hydrogen-bond donors (Lipinski definition) is 0. The van der Waals surface area contributed by atoms with Gasteiger partial charge in [0.2, 0.25) is 0 Å². The van der Waals surface area contributed by atoms with E-state index in [0.717, 1.165) is 43.9 Å². The number of hydrogen-bond acceptors (Lipinski definition) is 3. The van der Waals surface area contributed by atoms with Gasteiger partial charge in [-0.25, -0.2) is 0 Å². The smallest absolute Gasteiger partial charge is 0.0886 e. The summed E-state index contributed by atoms with van der Waals surface area (Å²) in [7, 11) is 0. The number of benzene rings is 1. The number of fused-ring (bicyclic) bond motifs is 3. The van der Waals surface area contributed by atoms with E-state index in [4.69, 9.17) is 4.98 Å². The largest absolute Gasteiger partial charge is 0.294 e. The molecule has 0 spiro atoms. The quantitative estimate of drug-likeness (QED) is 0.156. The van der Waals surface area contributed by atoms with E-state index < -0.39 is 0 Å². The molecule has 6 heteroatoms. The zero-order chi connectivity index (χ0) is 20.9. The maximum atomic E-state index is 5.03. The fourth-order valence-corrected chi connectivity index (χ4v) is 5.11. The second-order valence-electron chi connectivity index (χ2n) is 7.96. The first kappa shape index (κ1) is 23.0. The van der Waals surface area contributed by atoms with Crippen LogP contribution in [0.15, 0.2) is 60.9 Å². The Morgan fingerprint density at radius 3 is 2.52 bits per heavy atom. The first-order valence-electron chi connectivity index (χ1n) is 9.72. The van der Waals surface area contributed by atoms with Gasteiger partial charge in [0.25, 0.3) is 0 Å². The van der Waals surface area contributed by atoms with E-state index in [1.807, 2.05) is 30.6 Å². The van der Waals surface area contributed by atoms with E-state index in [-0.39, 0.29) is 26.5 Å². The van der Waals surface area contributed by atoms with Crippen molar-refractivity contribution in [3.8, 4) is 22.6 Å². The molecule has 0 aliphatic heterocycles. The SMILES string of the molecule is CC(C)(c1[c-]c2c(c(I)c1)Cc1ccc(-c3cc(I)ccn3)nc1-2)c1ccccn1.[Pt].